The molecule has 96 valence electrons. The average molecular weight is 248 g/mol. The van der Waals surface area contributed by atoms with Crippen molar-refractivity contribution in [3.63, 3.8) is 0 Å². The number of carbonyl (C=O) groups is 2. The van der Waals surface area contributed by atoms with E-state index in [4.69, 9.17) is 5.11 Å². The quantitative estimate of drug-likeness (QED) is 0.831. The van der Waals surface area contributed by atoms with Gasteiger partial charge < -0.3 is 10.4 Å². The molecule has 0 radical (unpaired) electrons. The Hall–Kier alpha value is -1.91. The second-order valence-corrected chi connectivity index (χ2v) is 4.55. The molecule has 1 fully saturated rings. The van der Waals surface area contributed by atoms with E-state index in [1.165, 1.54) is 37.6 Å². The van der Waals surface area contributed by atoms with Gasteiger partial charge in [-0.3, -0.25) is 9.78 Å². The Bertz CT molecular complexity index is 455. The Kier molecular flexibility index (Phi) is 3.92. The number of carboxylic acid groups (broad SMARTS) is 1. The number of nitrogens with zero attached hydrogens (tertiary/aromatic N) is 1. The van der Waals surface area contributed by atoms with Gasteiger partial charge in [-0.15, -0.1) is 0 Å². The first kappa shape index (κ1) is 12.5. The number of carboxylic acids is 1. The minimum Gasteiger partial charge on any atom is -0.478 e. The van der Waals surface area contributed by atoms with Crippen LogP contribution in [-0.4, -0.2) is 28.5 Å². The molecule has 0 aromatic carbocycles. The molecule has 18 heavy (non-hydrogen) atoms. The van der Waals surface area contributed by atoms with Gasteiger partial charge in [-0.05, 0) is 24.5 Å². The molecule has 1 amide bonds. The molecule has 1 aliphatic rings. The van der Waals surface area contributed by atoms with Crippen molar-refractivity contribution < 1.29 is 14.7 Å². The first-order chi connectivity index (χ1) is 8.68. The number of aromatic carboxylic acids is 1. The maximum Gasteiger partial charge on any atom is 0.338 e. The van der Waals surface area contributed by atoms with Gasteiger partial charge in [0.15, 0.2) is 0 Å². The molecule has 5 nitrogen and oxygen atoms in total. The summed E-state index contributed by atoms with van der Waals surface area (Å²) >= 11 is 0. The van der Waals surface area contributed by atoms with Crippen LogP contribution in [0, 0.1) is 5.92 Å². The van der Waals surface area contributed by atoms with Gasteiger partial charge in [-0.25, -0.2) is 4.79 Å². The predicted octanol–water partition coefficient (Wildman–Crippen LogP) is 1.70. The van der Waals surface area contributed by atoms with Gasteiger partial charge in [0, 0.05) is 12.7 Å². The molecule has 0 unspecified atom stereocenters. The van der Waals surface area contributed by atoms with Crippen LogP contribution in [0.15, 0.2) is 18.3 Å². The van der Waals surface area contributed by atoms with E-state index in [9.17, 15) is 9.59 Å². The summed E-state index contributed by atoms with van der Waals surface area (Å²) < 4.78 is 0. The van der Waals surface area contributed by atoms with Crippen LogP contribution in [0.4, 0.5) is 0 Å². The molecule has 1 heterocycles. The summed E-state index contributed by atoms with van der Waals surface area (Å²) in [4.78, 5) is 26.6. The number of nitrogens with one attached hydrogen (secondary N) is 1. The van der Waals surface area contributed by atoms with Crippen LogP contribution in [0.2, 0.25) is 0 Å². The lowest BCUT2D eigenvalue weighted by Crippen LogP contribution is -2.29. The molecule has 1 aromatic heterocycles. The summed E-state index contributed by atoms with van der Waals surface area (Å²) in [7, 11) is 0. The zero-order valence-corrected chi connectivity index (χ0v) is 10.1. The van der Waals surface area contributed by atoms with E-state index in [0.717, 1.165) is 6.42 Å². The van der Waals surface area contributed by atoms with Crippen molar-refractivity contribution >= 4 is 11.9 Å². The zero-order valence-electron chi connectivity index (χ0n) is 10.1. The van der Waals surface area contributed by atoms with Gasteiger partial charge in [-0.1, -0.05) is 19.3 Å². The third-order valence-corrected chi connectivity index (χ3v) is 3.32. The Balaban J connectivity index is 1.93. The summed E-state index contributed by atoms with van der Waals surface area (Å²) in [6, 6.07) is 2.89. The minimum atomic E-state index is -1.13. The van der Waals surface area contributed by atoms with E-state index in [2.05, 4.69) is 10.3 Å². The average Bonchev–Trinajstić information content (AvgIpc) is 2.32. The number of rotatable bonds is 5. The van der Waals surface area contributed by atoms with Crippen LogP contribution in [0.3, 0.4) is 0 Å². The fourth-order valence-electron chi connectivity index (χ4n) is 2.01. The number of carbonyl (C=O) groups excluding carboxylic acids is 1. The second kappa shape index (κ2) is 5.62. The molecule has 1 aromatic rings. The van der Waals surface area contributed by atoms with E-state index < -0.39 is 11.9 Å². The highest BCUT2D eigenvalue weighted by Crippen LogP contribution is 2.28. The van der Waals surface area contributed by atoms with Crippen LogP contribution in [0.5, 0.6) is 0 Å². The molecule has 0 bridgehead atoms. The summed E-state index contributed by atoms with van der Waals surface area (Å²) in [6.45, 7) is 0.582. The van der Waals surface area contributed by atoms with Crippen molar-refractivity contribution in [1.29, 1.82) is 0 Å². The van der Waals surface area contributed by atoms with Crippen molar-refractivity contribution in [2.75, 3.05) is 6.54 Å². The van der Waals surface area contributed by atoms with Gasteiger partial charge >= 0.3 is 5.97 Å². The van der Waals surface area contributed by atoms with Crippen molar-refractivity contribution in [3.05, 3.63) is 29.6 Å². The minimum absolute atomic E-state index is 0.0152. The fraction of sp³-hybridized carbons (Fsp3) is 0.462. The first-order valence-corrected chi connectivity index (χ1v) is 6.15. The Morgan fingerprint density at radius 2 is 2.22 bits per heavy atom. The molecule has 0 spiro atoms. The maximum atomic E-state index is 11.8. The molecule has 2 N–H and O–H groups in total. The molecule has 1 aliphatic carbocycles. The number of hydrogen-bond donors (Lipinski definition) is 2. The topological polar surface area (TPSA) is 79.3 Å². The molecule has 2 rings (SSSR count). The van der Waals surface area contributed by atoms with E-state index in [0.29, 0.717) is 12.5 Å². The van der Waals surface area contributed by atoms with Gasteiger partial charge in [0.1, 0.15) is 5.69 Å². The Morgan fingerprint density at radius 1 is 1.44 bits per heavy atom. The maximum absolute atomic E-state index is 11.8. The van der Waals surface area contributed by atoms with Gasteiger partial charge in [0.05, 0.1) is 5.56 Å². The first-order valence-electron chi connectivity index (χ1n) is 6.15. The number of hydrogen-bond acceptors (Lipinski definition) is 3. The number of pyridine rings is 1. The second-order valence-electron chi connectivity index (χ2n) is 4.55. The van der Waals surface area contributed by atoms with Crippen molar-refractivity contribution in [2.24, 2.45) is 5.92 Å². The van der Waals surface area contributed by atoms with Gasteiger partial charge in [0.2, 0.25) is 0 Å². The lowest BCUT2D eigenvalue weighted by molar-refractivity contribution is 0.0690. The standard InChI is InChI=1S/C13H16N2O3/c16-12(15-8-6-9-3-1-4-9)11-10(13(17)18)5-2-7-14-11/h2,5,7,9H,1,3-4,6,8H2,(H,15,16)(H,17,18). The van der Waals surface area contributed by atoms with Crippen LogP contribution < -0.4 is 5.32 Å². The molecule has 5 heteroatoms. The molecule has 0 aliphatic heterocycles. The zero-order chi connectivity index (χ0) is 13.0. The van der Waals surface area contributed by atoms with Crippen molar-refractivity contribution in [1.82, 2.24) is 10.3 Å². The largest absolute Gasteiger partial charge is 0.478 e. The third kappa shape index (κ3) is 2.85. The van der Waals surface area contributed by atoms with Crippen LogP contribution >= 0.6 is 0 Å². The highest BCUT2D eigenvalue weighted by molar-refractivity contribution is 6.03. The molecule has 1 saturated carbocycles. The SMILES string of the molecule is O=C(O)c1cccnc1C(=O)NCCC1CCC1. The normalized spacial score (nSPS) is 14.9. The van der Waals surface area contributed by atoms with Crippen LogP contribution in [-0.2, 0) is 0 Å². The summed E-state index contributed by atoms with van der Waals surface area (Å²) in [5.74, 6) is -0.826. The van der Waals surface area contributed by atoms with Crippen molar-refractivity contribution in [3.8, 4) is 0 Å². The lowest BCUT2D eigenvalue weighted by Gasteiger charge is -2.25. The van der Waals surface area contributed by atoms with Crippen molar-refractivity contribution in [2.45, 2.75) is 25.7 Å². The predicted molar refractivity (Wildman–Crippen MR) is 65.5 cm³/mol. The molecular formula is C13H16N2O3. The van der Waals surface area contributed by atoms with Gasteiger partial charge in [-0.2, -0.15) is 0 Å². The van der Waals surface area contributed by atoms with Gasteiger partial charge in [0.25, 0.3) is 5.91 Å². The van der Waals surface area contributed by atoms with Crippen LogP contribution in [0.25, 0.3) is 0 Å². The third-order valence-electron chi connectivity index (χ3n) is 3.32. The summed E-state index contributed by atoms with van der Waals surface area (Å²) in [5.41, 5.74) is -0.0720. The van der Waals surface area contributed by atoms with E-state index in [1.807, 2.05) is 0 Å². The smallest absolute Gasteiger partial charge is 0.338 e. The van der Waals surface area contributed by atoms with Crippen LogP contribution in [0.1, 0.15) is 46.5 Å². The molecule has 0 atom stereocenters. The summed E-state index contributed by atoms with van der Waals surface area (Å²) in [5, 5.41) is 11.7. The van der Waals surface area contributed by atoms with E-state index in [1.54, 1.807) is 0 Å². The number of amides is 1. The molecular weight excluding hydrogens is 232 g/mol. The van der Waals surface area contributed by atoms with E-state index in [-0.39, 0.29) is 11.3 Å². The highest BCUT2D eigenvalue weighted by atomic mass is 16.4. The fourth-order valence-corrected chi connectivity index (χ4v) is 2.01. The summed E-state index contributed by atoms with van der Waals surface area (Å²) in [6.07, 6.45) is 6.13. The lowest BCUT2D eigenvalue weighted by atomic mass is 9.83. The highest BCUT2D eigenvalue weighted by Gasteiger charge is 2.19. The Morgan fingerprint density at radius 3 is 2.83 bits per heavy atom. The number of aromatic nitrogens is 1. The Labute approximate surface area is 105 Å². The molecule has 0 saturated heterocycles. The van der Waals surface area contributed by atoms with E-state index >= 15 is 0 Å². The monoisotopic (exact) mass is 248 g/mol.